The van der Waals surface area contributed by atoms with Gasteiger partial charge < -0.3 is 5.32 Å². The number of halogens is 1. The summed E-state index contributed by atoms with van der Waals surface area (Å²) in [6.07, 6.45) is 0. The Hall–Kier alpha value is -0.910. The van der Waals surface area contributed by atoms with Gasteiger partial charge in [0.2, 0.25) is 0 Å². The Kier molecular flexibility index (Phi) is 5.78. The highest BCUT2D eigenvalue weighted by molar-refractivity contribution is 8.24. The van der Waals surface area contributed by atoms with Gasteiger partial charge in [0.25, 0.3) is 0 Å². The third-order valence-electron chi connectivity index (χ3n) is 2.05. The fourth-order valence-electron chi connectivity index (χ4n) is 1.24. The zero-order chi connectivity index (χ0) is 13.7. The normalized spacial score (nSPS) is 10.2. The highest BCUT2D eigenvalue weighted by Gasteiger charge is 2.21. The Morgan fingerprint density at radius 1 is 1.22 bits per heavy atom. The lowest BCUT2D eigenvalue weighted by atomic mass is 10.2. The molecule has 0 spiro atoms. The molecule has 0 bridgehead atoms. The molecule has 3 nitrogen and oxygen atoms in total. The van der Waals surface area contributed by atoms with Gasteiger partial charge in [0.05, 0.1) is 0 Å². The summed E-state index contributed by atoms with van der Waals surface area (Å²) < 4.78 is 0.382. The zero-order valence-electron chi connectivity index (χ0n) is 9.90. The van der Waals surface area contributed by atoms with E-state index in [4.69, 9.17) is 23.8 Å². The van der Waals surface area contributed by atoms with E-state index in [-0.39, 0.29) is 11.6 Å². The van der Waals surface area contributed by atoms with Crippen molar-refractivity contribution in [3.05, 3.63) is 29.3 Å². The molecule has 0 saturated carbocycles. The molecule has 96 valence electrons. The van der Waals surface area contributed by atoms with E-state index in [1.165, 1.54) is 13.8 Å². The Bertz CT molecular complexity index is 459. The first-order chi connectivity index (χ1) is 8.40. The van der Waals surface area contributed by atoms with Crippen molar-refractivity contribution in [1.29, 1.82) is 0 Å². The molecule has 0 aliphatic carbocycles. The van der Waals surface area contributed by atoms with Crippen molar-refractivity contribution in [2.45, 2.75) is 19.1 Å². The van der Waals surface area contributed by atoms with E-state index >= 15 is 0 Å². The van der Waals surface area contributed by atoms with Gasteiger partial charge in [-0.05, 0) is 38.1 Å². The van der Waals surface area contributed by atoms with E-state index in [1.54, 1.807) is 24.3 Å². The molecule has 6 heteroatoms. The quantitative estimate of drug-likeness (QED) is 0.683. The monoisotopic (exact) mass is 301 g/mol. The van der Waals surface area contributed by atoms with Crippen LogP contribution in [0.4, 0.5) is 5.69 Å². The maximum atomic E-state index is 11.3. The molecule has 1 aromatic rings. The topological polar surface area (TPSA) is 46.2 Å². The zero-order valence-corrected chi connectivity index (χ0v) is 12.3. The van der Waals surface area contributed by atoms with Crippen LogP contribution in [0.15, 0.2) is 24.3 Å². The van der Waals surface area contributed by atoms with Crippen molar-refractivity contribution in [1.82, 2.24) is 0 Å². The Morgan fingerprint density at radius 2 is 1.72 bits per heavy atom. The summed E-state index contributed by atoms with van der Waals surface area (Å²) in [6.45, 7) is 2.76. The minimum Gasteiger partial charge on any atom is -0.341 e. The number of rotatable bonds is 4. The first-order valence-electron chi connectivity index (χ1n) is 5.14. The lowest BCUT2D eigenvalue weighted by Crippen LogP contribution is -2.25. The number of benzene rings is 1. The van der Waals surface area contributed by atoms with E-state index in [9.17, 15) is 9.59 Å². The number of carbonyl (C=O) groups excluding carboxylic acids is 2. The van der Waals surface area contributed by atoms with Gasteiger partial charge >= 0.3 is 0 Å². The maximum Gasteiger partial charge on any atom is 0.150 e. The van der Waals surface area contributed by atoms with Crippen LogP contribution in [-0.2, 0) is 9.59 Å². The van der Waals surface area contributed by atoms with Gasteiger partial charge in [-0.3, -0.25) is 9.59 Å². The molecule has 0 amide bonds. The van der Waals surface area contributed by atoms with Crippen LogP contribution < -0.4 is 5.32 Å². The van der Waals surface area contributed by atoms with Crippen molar-refractivity contribution >= 4 is 57.2 Å². The first-order valence-corrected chi connectivity index (χ1v) is 6.81. The molecule has 0 unspecified atom stereocenters. The summed E-state index contributed by atoms with van der Waals surface area (Å²) in [4.78, 5) is 22.5. The fourth-order valence-corrected chi connectivity index (χ4v) is 2.50. The van der Waals surface area contributed by atoms with Crippen molar-refractivity contribution < 1.29 is 9.59 Å². The van der Waals surface area contributed by atoms with Crippen molar-refractivity contribution in [2.75, 3.05) is 5.32 Å². The van der Waals surface area contributed by atoms with Gasteiger partial charge in [-0.15, -0.1) is 0 Å². The van der Waals surface area contributed by atoms with E-state index in [1.807, 2.05) is 0 Å². The van der Waals surface area contributed by atoms with Gasteiger partial charge in [0.1, 0.15) is 9.57 Å². The van der Waals surface area contributed by atoms with Gasteiger partial charge in [-0.25, -0.2) is 0 Å². The van der Waals surface area contributed by atoms with Crippen LogP contribution in [0.25, 0.3) is 0 Å². The smallest absolute Gasteiger partial charge is 0.150 e. The fraction of sp³-hybridized carbons (Fsp3) is 0.250. The minimum atomic E-state index is -0.739. The molecule has 1 aromatic carbocycles. The van der Waals surface area contributed by atoms with E-state index in [2.05, 4.69) is 5.32 Å². The molecule has 0 heterocycles. The van der Waals surface area contributed by atoms with Crippen LogP contribution in [0.3, 0.4) is 0 Å². The summed E-state index contributed by atoms with van der Waals surface area (Å²) in [5.74, 6) is -0.402. The maximum absolute atomic E-state index is 11.3. The van der Waals surface area contributed by atoms with Crippen LogP contribution in [0.5, 0.6) is 0 Å². The molecule has 1 N–H and O–H groups in total. The van der Waals surface area contributed by atoms with Crippen LogP contribution in [0.1, 0.15) is 13.8 Å². The molecular formula is C12H12ClNO2S2. The number of hydrogen-bond donors (Lipinski definition) is 1. The second-order valence-electron chi connectivity index (χ2n) is 3.64. The average molecular weight is 302 g/mol. The predicted octanol–water partition coefficient (Wildman–Crippen LogP) is 3.32. The number of thiocarbonyl (C=S) groups is 1. The molecule has 1 rings (SSSR count). The molecule has 0 atom stereocenters. The van der Waals surface area contributed by atoms with E-state index in [0.29, 0.717) is 9.34 Å². The standard InChI is InChI=1S/C12H12ClNO2S2/c1-7(15)11(8(2)16)18-12(17)14-10-5-3-9(13)4-6-10/h3-6,11H,1-2H3,(H,14,17). The minimum absolute atomic E-state index is 0.201. The second kappa shape index (κ2) is 6.87. The summed E-state index contributed by atoms with van der Waals surface area (Å²) in [7, 11) is 0. The second-order valence-corrected chi connectivity index (χ2v) is 5.86. The van der Waals surface area contributed by atoms with Gasteiger partial charge in [0, 0.05) is 10.7 Å². The predicted molar refractivity (Wildman–Crippen MR) is 80.4 cm³/mol. The summed E-state index contributed by atoms with van der Waals surface area (Å²) in [5.41, 5.74) is 0.766. The van der Waals surface area contributed by atoms with Crippen LogP contribution in [-0.4, -0.2) is 21.1 Å². The molecule has 0 saturated heterocycles. The molecule has 0 fully saturated rings. The molecule has 0 aliphatic heterocycles. The number of carbonyl (C=O) groups is 2. The Morgan fingerprint density at radius 3 is 2.17 bits per heavy atom. The van der Waals surface area contributed by atoms with Crippen LogP contribution in [0.2, 0.25) is 5.02 Å². The molecule has 0 aliphatic rings. The molecule has 0 radical (unpaired) electrons. The molecular weight excluding hydrogens is 290 g/mol. The highest BCUT2D eigenvalue weighted by Crippen LogP contribution is 2.19. The van der Waals surface area contributed by atoms with Gasteiger partial charge in [-0.1, -0.05) is 35.6 Å². The average Bonchev–Trinajstić information content (AvgIpc) is 2.28. The largest absolute Gasteiger partial charge is 0.341 e. The number of thioether (sulfide) groups is 1. The lowest BCUT2D eigenvalue weighted by molar-refractivity contribution is -0.123. The van der Waals surface area contributed by atoms with E-state index < -0.39 is 5.25 Å². The third kappa shape index (κ3) is 4.76. The third-order valence-corrected chi connectivity index (χ3v) is 3.91. The summed E-state index contributed by atoms with van der Waals surface area (Å²) >= 11 is 11.9. The number of Topliss-reactive ketones (excluding diaryl/α,β-unsaturated/α-hetero) is 2. The molecule has 0 aromatic heterocycles. The van der Waals surface area contributed by atoms with E-state index in [0.717, 1.165) is 17.4 Å². The van der Waals surface area contributed by atoms with Crippen LogP contribution >= 0.6 is 35.6 Å². The highest BCUT2D eigenvalue weighted by atomic mass is 35.5. The first kappa shape index (κ1) is 15.1. The lowest BCUT2D eigenvalue weighted by Gasteiger charge is -2.12. The van der Waals surface area contributed by atoms with Gasteiger partial charge in [-0.2, -0.15) is 0 Å². The number of hydrogen-bond acceptors (Lipinski definition) is 4. The number of ketones is 2. The number of anilines is 1. The summed E-state index contributed by atoms with van der Waals surface area (Å²) in [6, 6.07) is 6.99. The van der Waals surface area contributed by atoms with Crippen molar-refractivity contribution in [3.8, 4) is 0 Å². The van der Waals surface area contributed by atoms with Crippen molar-refractivity contribution in [2.24, 2.45) is 0 Å². The Labute approximate surface area is 120 Å². The number of nitrogens with one attached hydrogen (secondary N) is 1. The summed E-state index contributed by atoms with van der Waals surface area (Å²) in [5, 5.41) is 2.83. The SMILES string of the molecule is CC(=O)C(SC(=S)Nc1ccc(Cl)cc1)C(C)=O. The Balaban J connectivity index is 2.63. The van der Waals surface area contributed by atoms with Crippen molar-refractivity contribution in [3.63, 3.8) is 0 Å². The van der Waals surface area contributed by atoms with Crippen LogP contribution in [0, 0.1) is 0 Å². The van der Waals surface area contributed by atoms with Gasteiger partial charge in [0.15, 0.2) is 11.6 Å². The molecule has 18 heavy (non-hydrogen) atoms.